The van der Waals surface area contributed by atoms with Gasteiger partial charge >= 0.3 is 0 Å². The van der Waals surface area contributed by atoms with E-state index in [-0.39, 0.29) is 11.7 Å². The average Bonchev–Trinajstić information content (AvgIpc) is 3.24. The molecule has 3 aromatic carbocycles. The highest BCUT2D eigenvalue weighted by atomic mass is 79.9. The SMILES string of the molecule is COc1ccc(-c2nnc(SCC(=O)Nc3ccc(Br)cc3)n2-c2ccccc2)cc1. The number of aromatic nitrogens is 3. The third-order valence-corrected chi connectivity index (χ3v) is 5.91. The number of nitrogens with zero attached hydrogens (tertiary/aromatic N) is 3. The van der Waals surface area contributed by atoms with Crippen molar-refractivity contribution in [2.24, 2.45) is 0 Å². The molecule has 1 heterocycles. The van der Waals surface area contributed by atoms with Crippen LogP contribution in [-0.4, -0.2) is 33.5 Å². The maximum atomic E-state index is 12.5. The monoisotopic (exact) mass is 494 g/mol. The number of hydrogen-bond acceptors (Lipinski definition) is 5. The molecule has 0 aliphatic heterocycles. The van der Waals surface area contributed by atoms with Crippen LogP contribution in [0.2, 0.25) is 0 Å². The summed E-state index contributed by atoms with van der Waals surface area (Å²) in [4.78, 5) is 12.5. The highest BCUT2D eigenvalue weighted by Crippen LogP contribution is 2.29. The van der Waals surface area contributed by atoms with Crippen molar-refractivity contribution in [3.63, 3.8) is 0 Å². The number of anilines is 1. The third kappa shape index (κ3) is 5.15. The van der Waals surface area contributed by atoms with E-state index in [1.165, 1.54) is 11.8 Å². The minimum atomic E-state index is -0.110. The van der Waals surface area contributed by atoms with E-state index in [0.717, 1.165) is 27.2 Å². The number of amides is 1. The molecule has 0 atom stereocenters. The second-order valence-electron chi connectivity index (χ2n) is 6.55. The Balaban J connectivity index is 1.57. The molecule has 0 saturated heterocycles. The normalized spacial score (nSPS) is 10.6. The van der Waals surface area contributed by atoms with E-state index in [9.17, 15) is 4.79 Å². The van der Waals surface area contributed by atoms with Gasteiger partial charge in [-0.2, -0.15) is 0 Å². The van der Waals surface area contributed by atoms with Crippen molar-refractivity contribution in [1.29, 1.82) is 0 Å². The number of methoxy groups -OCH3 is 1. The summed E-state index contributed by atoms with van der Waals surface area (Å²) in [6, 6.07) is 25.0. The van der Waals surface area contributed by atoms with Gasteiger partial charge in [0.25, 0.3) is 0 Å². The predicted octanol–water partition coefficient (Wildman–Crippen LogP) is 5.44. The smallest absolute Gasteiger partial charge is 0.234 e. The summed E-state index contributed by atoms with van der Waals surface area (Å²) in [7, 11) is 1.63. The van der Waals surface area contributed by atoms with Crippen LogP contribution in [0.3, 0.4) is 0 Å². The highest BCUT2D eigenvalue weighted by molar-refractivity contribution is 9.10. The molecule has 8 heteroatoms. The minimum Gasteiger partial charge on any atom is -0.497 e. The number of nitrogens with one attached hydrogen (secondary N) is 1. The van der Waals surface area contributed by atoms with Crippen molar-refractivity contribution in [3.8, 4) is 22.8 Å². The molecule has 0 aliphatic rings. The lowest BCUT2D eigenvalue weighted by Crippen LogP contribution is -2.14. The Hall–Kier alpha value is -3.10. The molecule has 1 amide bonds. The second-order valence-corrected chi connectivity index (χ2v) is 8.41. The quantitative estimate of drug-likeness (QED) is 0.346. The lowest BCUT2D eigenvalue weighted by atomic mass is 10.2. The lowest BCUT2D eigenvalue weighted by Gasteiger charge is -2.11. The summed E-state index contributed by atoms with van der Waals surface area (Å²) in [5.41, 5.74) is 2.58. The molecular weight excluding hydrogens is 476 g/mol. The topological polar surface area (TPSA) is 69.0 Å². The first kappa shape index (κ1) is 21.1. The number of thioether (sulfide) groups is 1. The van der Waals surface area contributed by atoms with Crippen molar-refractivity contribution in [2.75, 3.05) is 18.2 Å². The molecule has 31 heavy (non-hydrogen) atoms. The van der Waals surface area contributed by atoms with Crippen LogP contribution >= 0.6 is 27.7 Å². The number of halogens is 1. The molecule has 0 spiro atoms. The van der Waals surface area contributed by atoms with Crippen LogP contribution in [-0.2, 0) is 4.79 Å². The molecule has 156 valence electrons. The van der Waals surface area contributed by atoms with Gasteiger partial charge in [-0.05, 0) is 60.7 Å². The summed E-state index contributed by atoms with van der Waals surface area (Å²) in [6.45, 7) is 0. The van der Waals surface area contributed by atoms with E-state index in [1.807, 2.05) is 83.4 Å². The van der Waals surface area contributed by atoms with E-state index in [1.54, 1.807) is 7.11 Å². The molecular formula is C23H19BrN4O2S. The van der Waals surface area contributed by atoms with Crippen LogP contribution in [0.15, 0.2) is 88.5 Å². The number of ether oxygens (including phenoxy) is 1. The number of benzene rings is 3. The van der Waals surface area contributed by atoms with Gasteiger partial charge in [-0.1, -0.05) is 45.9 Å². The summed E-state index contributed by atoms with van der Waals surface area (Å²) in [5, 5.41) is 12.3. The maximum Gasteiger partial charge on any atom is 0.234 e. The molecule has 0 unspecified atom stereocenters. The van der Waals surface area contributed by atoms with Gasteiger partial charge in [0.05, 0.1) is 12.9 Å². The Morgan fingerprint density at radius 3 is 2.39 bits per heavy atom. The van der Waals surface area contributed by atoms with Gasteiger partial charge in [0, 0.05) is 21.4 Å². The lowest BCUT2D eigenvalue weighted by molar-refractivity contribution is -0.113. The van der Waals surface area contributed by atoms with Gasteiger partial charge < -0.3 is 10.1 Å². The van der Waals surface area contributed by atoms with Gasteiger partial charge in [0.2, 0.25) is 5.91 Å². The van der Waals surface area contributed by atoms with Crippen LogP contribution in [0.4, 0.5) is 5.69 Å². The van der Waals surface area contributed by atoms with E-state index in [4.69, 9.17) is 4.74 Å². The van der Waals surface area contributed by atoms with E-state index >= 15 is 0 Å². The summed E-state index contributed by atoms with van der Waals surface area (Å²) in [6.07, 6.45) is 0. The van der Waals surface area contributed by atoms with Gasteiger partial charge in [-0.25, -0.2) is 0 Å². The van der Waals surface area contributed by atoms with Gasteiger partial charge in [0.1, 0.15) is 5.75 Å². The molecule has 4 aromatic rings. The number of hydrogen-bond donors (Lipinski definition) is 1. The third-order valence-electron chi connectivity index (χ3n) is 4.46. The summed E-state index contributed by atoms with van der Waals surface area (Å²) in [5.74, 6) is 1.57. The van der Waals surface area contributed by atoms with Crippen molar-refractivity contribution >= 4 is 39.3 Å². The number of rotatable bonds is 7. The number of carbonyl (C=O) groups is 1. The molecule has 0 aliphatic carbocycles. The summed E-state index contributed by atoms with van der Waals surface area (Å²) >= 11 is 4.73. The molecule has 0 saturated carbocycles. The van der Waals surface area contributed by atoms with Crippen LogP contribution in [0.5, 0.6) is 5.75 Å². The molecule has 1 N–H and O–H groups in total. The van der Waals surface area contributed by atoms with Gasteiger partial charge in [-0.3, -0.25) is 9.36 Å². The molecule has 4 rings (SSSR count). The zero-order chi connectivity index (χ0) is 21.6. The van der Waals surface area contributed by atoms with E-state index < -0.39 is 0 Å². The molecule has 0 fully saturated rings. The van der Waals surface area contributed by atoms with Crippen LogP contribution in [0.1, 0.15) is 0 Å². The fourth-order valence-electron chi connectivity index (χ4n) is 2.96. The fourth-order valence-corrected chi connectivity index (χ4v) is 3.98. The van der Waals surface area contributed by atoms with Crippen LogP contribution < -0.4 is 10.1 Å². The first-order valence-electron chi connectivity index (χ1n) is 9.47. The molecule has 6 nitrogen and oxygen atoms in total. The largest absolute Gasteiger partial charge is 0.497 e. The number of para-hydroxylation sites is 1. The van der Waals surface area contributed by atoms with Crippen molar-refractivity contribution in [3.05, 3.63) is 83.3 Å². The molecule has 1 aromatic heterocycles. The van der Waals surface area contributed by atoms with Gasteiger partial charge in [0.15, 0.2) is 11.0 Å². The Kier molecular flexibility index (Phi) is 6.69. The van der Waals surface area contributed by atoms with Crippen molar-refractivity contribution < 1.29 is 9.53 Å². The van der Waals surface area contributed by atoms with Crippen molar-refractivity contribution in [2.45, 2.75) is 5.16 Å². The van der Waals surface area contributed by atoms with Gasteiger partial charge in [-0.15, -0.1) is 10.2 Å². The van der Waals surface area contributed by atoms with Crippen LogP contribution in [0.25, 0.3) is 17.1 Å². The Morgan fingerprint density at radius 1 is 1.00 bits per heavy atom. The maximum absolute atomic E-state index is 12.5. The standard InChI is InChI=1S/C23H19BrN4O2S/c1-30-20-13-7-16(8-14-20)22-26-27-23(28(22)19-5-3-2-4-6-19)31-15-21(29)25-18-11-9-17(24)10-12-18/h2-14H,15H2,1H3,(H,25,29). The zero-order valence-corrected chi connectivity index (χ0v) is 19.1. The van der Waals surface area contributed by atoms with Crippen LogP contribution in [0, 0.1) is 0 Å². The average molecular weight is 495 g/mol. The highest BCUT2D eigenvalue weighted by Gasteiger charge is 2.17. The minimum absolute atomic E-state index is 0.110. The molecule has 0 bridgehead atoms. The second kappa shape index (κ2) is 9.80. The summed E-state index contributed by atoms with van der Waals surface area (Å²) < 4.78 is 8.17. The van der Waals surface area contributed by atoms with Crippen molar-refractivity contribution in [1.82, 2.24) is 14.8 Å². The van der Waals surface area contributed by atoms with E-state index in [0.29, 0.717) is 11.0 Å². The fraction of sp³-hybridized carbons (Fsp3) is 0.0870. The Morgan fingerprint density at radius 2 is 1.71 bits per heavy atom. The predicted molar refractivity (Wildman–Crippen MR) is 127 cm³/mol. The Labute approximate surface area is 192 Å². The first-order chi connectivity index (χ1) is 15.1. The Bertz CT molecular complexity index is 1160. The zero-order valence-electron chi connectivity index (χ0n) is 16.7. The number of carbonyl (C=O) groups excluding carboxylic acids is 1. The van der Waals surface area contributed by atoms with E-state index in [2.05, 4.69) is 31.4 Å². The first-order valence-corrected chi connectivity index (χ1v) is 11.3. The molecule has 0 radical (unpaired) electrons.